The summed E-state index contributed by atoms with van der Waals surface area (Å²) < 4.78 is 18.1. The fourth-order valence-electron chi connectivity index (χ4n) is 1.73. The van der Waals surface area contributed by atoms with Crippen molar-refractivity contribution in [2.75, 3.05) is 0 Å². The molecule has 0 bridgehead atoms. The number of rotatable bonds is 3. The third kappa shape index (κ3) is 3.53. The monoisotopic (exact) mass is 324 g/mol. The van der Waals surface area contributed by atoms with Gasteiger partial charge in [0.2, 0.25) is 5.69 Å². The first-order chi connectivity index (χ1) is 11.6. The predicted molar refractivity (Wildman–Crippen MR) is 80.0 cm³/mol. The number of carboxylic acids is 1. The van der Waals surface area contributed by atoms with Gasteiger partial charge in [0.15, 0.2) is 0 Å². The van der Waals surface area contributed by atoms with Crippen molar-refractivity contribution in [3.8, 4) is 23.5 Å². The van der Waals surface area contributed by atoms with Crippen LogP contribution in [-0.2, 0) is 0 Å². The maximum atomic E-state index is 12.8. The van der Waals surface area contributed by atoms with Gasteiger partial charge in [-0.05, 0) is 42.3 Å². The lowest BCUT2D eigenvalue weighted by Gasteiger charge is -2.02. The Kier molecular flexibility index (Phi) is 4.16. The van der Waals surface area contributed by atoms with Crippen molar-refractivity contribution < 1.29 is 19.0 Å². The van der Waals surface area contributed by atoms with E-state index in [0.717, 1.165) is 6.20 Å². The molecule has 0 spiro atoms. The molecule has 24 heavy (non-hydrogen) atoms. The molecule has 118 valence electrons. The van der Waals surface area contributed by atoms with Crippen LogP contribution in [0.2, 0.25) is 0 Å². The van der Waals surface area contributed by atoms with Crippen molar-refractivity contribution in [1.82, 2.24) is 20.4 Å². The van der Waals surface area contributed by atoms with E-state index in [2.05, 4.69) is 32.2 Å². The number of benzene rings is 1. The molecule has 2 heterocycles. The van der Waals surface area contributed by atoms with Gasteiger partial charge in [-0.15, -0.1) is 0 Å². The molecule has 0 aliphatic heterocycles. The molecule has 0 amide bonds. The van der Waals surface area contributed by atoms with Crippen molar-refractivity contribution in [3.63, 3.8) is 0 Å². The zero-order chi connectivity index (χ0) is 16.9. The molecule has 0 unspecified atom stereocenters. The molecule has 0 saturated heterocycles. The van der Waals surface area contributed by atoms with E-state index in [1.807, 2.05) is 0 Å². The van der Waals surface area contributed by atoms with Gasteiger partial charge >= 0.3 is 5.97 Å². The number of carbonyl (C=O) groups is 1. The number of H-pyrrole nitrogens is 1. The lowest BCUT2D eigenvalue weighted by atomic mass is 10.2. The summed E-state index contributed by atoms with van der Waals surface area (Å²) in [6, 6.07) is 9.37. The Morgan fingerprint density at radius 2 is 1.96 bits per heavy atom. The Bertz CT molecular complexity index is 924. The summed E-state index contributed by atoms with van der Waals surface area (Å²) >= 11 is 0. The number of aromatic amines is 1. The number of aromatic carboxylic acids is 1. The minimum absolute atomic E-state index is 0.128. The number of aromatic nitrogens is 4. The van der Waals surface area contributed by atoms with Crippen LogP contribution >= 0.6 is 0 Å². The van der Waals surface area contributed by atoms with E-state index in [9.17, 15) is 9.18 Å². The predicted octanol–water partition coefficient (Wildman–Crippen LogP) is 2.23. The normalized spacial score (nSPS) is 9.88. The number of ether oxygens (including phenoxy) is 1. The molecule has 1 aromatic carbocycles. The van der Waals surface area contributed by atoms with Crippen LogP contribution in [0.4, 0.5) is 4.39 Å². The Hall–Kier alpha value is -3.73. The van der Waals surface area contributed by atoms with E-state index >= 15 is 0 Å². The Labute approximate surface area is 135 Å². The standard InChI is InChI=1S/C16H9FN4O3/c17-11-4-6-12(18-9-11)5-1-10-2-7-13(8-3-10)24-15-14(16(22)23)19-21-20-15/h2-4,6-9H,(H,22,23)(H,19,20,21). The van der Waals surface area contributed by atoms with Gasteiger partial charge in [0.05, 0.1) is 6.20 Å². The Morgan fingerprint density at radius 1 is 1.17 bits per heavy atom. The van der Waals surface area contributed by atoms with Gasteiger partial charge in [0, 0.05) is 5.56 Å². The van der Waals surface area contributed by atoms with Crippen LogP contribution in [0.15, 0.2) is 42.6 Å². The minimum atomic E-state index is -1.22. The number of nitrogens with zero attached hydrogens (tertiary/aromatic N) is 3. The van der Waals surface area contributed by atoms with Crippen LogP contribution in [-0.4, -0.2) is 31.5 Å². The van der Waals surface area contributed by atoms with Gasteiger partial charge < -0.3 is 9.84 Å². The van der Waals surface area contributed by atoms with Crippen LogP contribution in [0.3, 0.4) is 0 Å². The number of nitrogens with one attached hydrogen (secondary N) is 1. The van der Waals surface area contributed by atoms with Crippen molar-refractivity contribution in [2.45, 2.75) is 0 Å². The molecule has 3 aromatic rings. The van der Waals surface area contributed by atoms with Gasteiger partial charge in [-0.2, -0.15) is 0 Å². The van der Waals surface area contributed by atoms with Crippen LogP contribution in [0, 0.1) is 17.7 Å². The topological polar surface area (TPSA) is 101 Å². The SMILES string of the molecule is O=C(O)c1[nH]nnc1Oc1ccc(C#Cc2ccc(F)cn2)cc1. The molecule has 0 aliphatic carbocycles. The minimum Gasteiger partial charge on any atom is -0.476 e. The molecule has 0 fully saturated rings. The van der Waals surface area contributed by atoms with Gasteiger partial charge in [0.25, 0.3) is 5.88 Å². The third-order valence-electron chi connectivity index (χ3n) is 2.86. The number of carboxylic acid groups (broad SMARTS) is 1. The van der Waals surface area contributed by atoms with Crippen molar-refractivity contribution in [1.29, 1.82) is 0 Å². The highest BCUT2D eigenvalue weighted by Crippen LogP contribution is 2.21. The van der Waals surface area contributed by atoms with Gasteiger partial charge in [-0.1, -0.05) is 16.2 Å². The maximum Gasteiger partial charge on any atom is 0.359 e. The molecular weight excluding hydrogens is 315 g/mol. The van der Waals surface area contributed by atoms with Crippen molar-refractivity contribution >= 4 is 5.97 Å². The van der Waals surface area contributed by atoms with Crippen LogP contribution in [0.1, 0.15) is 21.7 Å². The molecule has 2 aromatic heterocycles. The fourth-order valence-corrected chi connectivity index (χ4v) is 1.73. The van der Waals surface area contributed by atoms with E-state index in [-0.39, 0.29) is 11.6 Å². The molecule has 0 saturated carbocycles. The highest BCUT2D eigenvalue weighted by atomic mass is 19.1. The number of pyridine rings is 1. The first-order valence-electron chi connectivity index (χ1n) is 6.67. The molecule has 3 rings (SSSR count). The van der Waals surface area contributed by atoms with Gasteiger partial charge in [-0.25, -0.2) is 19.3 Å². The first-order valence-corrected chi connectivity index (χ1v) is 6.67. The quantitative estimate of drug-likeness (QED) is 0.717. The first kappa shape index (κ1) is 15.2. The third-order valence-corrected chi connectivity index (χ3v) is 2.86. The second-order valence-corrected chi connectivity index (χ2v) is 4.54. The largest absolute Gasteiger partial charge is 0.476 e. The summed E-state index contributed by atoms with van der Waals surface area (Å²) in [5.74, 6) is 4.30. The van der Waals surface area contributed by atoms with E-state index < -0.39 is 11.8 Å². The summed E-state index contributed by atoms with van der Waals surface area (Å²) in [5.41, 5.74) is 0.902. The summed E-state index contributed by atoms with van der Waals surface area (Å²) in [6.07, 6.45) is 1.10. The fraction of sp³-hybridized carbons (Fsp3) is 0. The van der Waals surface area contributed by atoms with Crippen molar-refractivity contribution in [2.24, 2.45) is 0 Å². The molecule has 0 atom stereocenters. The van der Waals surface area contributed by atoms with Gasteiger partial charge in [-0.3, -0.25) is 0 Å². The average Bonchev–Trinajstić information content (AvgIpc) is 3.04. The zero-order valence-corrected chi connectivity index (χ0v) is 12.0. The lowest BCUT2D eigenvalue weighted by molar-refractivity contribution is 0.0687. The van der Waals surface area contributed by atoms with Crippen molar-refractivity contribution in [3.05, 3.63) is 65.4 Å². The second kappa shape index (κ2) is 6.58. The zero-order valence-electron chi connectivity index (χ0n) is 12.0. The second-order valence-electron chi connectivity index (χ2n) is 4.54. The molecule has 8 heteroatoms. The number of hydrogen-bond donors (Lipinski definition) is 2. The summed E-state index contributed by atoms with van der Waals surface area (Å²) in [7, 11) is 0. The summed E-state index contributed by atoms with van der Waals surface area (Å²) in [6.45, 7) is 0. The molecule has 7 nitrogen and oxygen atoms in total. The number of hydrogen-bond acceptors (Lipinski definition) is 5. The highest BCUT2D eigenvalue weighted by Gasteiger charge is 2.16. The number of halogens is 1. The highest BCUT2D eigenvalue weighted by molar-refractivity contribution is 5.87. The van der Waals surface area contributed by atoms with E-state index in [0.29, 0.717) is 17.0 Å². The average molecular weight is 324 g/mol. The smallest absolute Gasteiger partial charge is 0.359 e. The Balaban J connectivity index is 1.73. The molecular formula is C16H9FN4O3. The molecule has 0 aliphatic rings. The van der Waals surface area contributed by atoms with Crippen LogP contribution in [0.5, 0.6) is 11.6 Å². The van der Waals surface area contributed by atoms with E-state index in [1.165, 1.54) is 12.1 Å². The lowest BCUT2D eigenvalue weighted by Crippen LogP contribution is -1.99. The maximum absolute atomic E-state index is 12.8. The molecule has 0 radical (unpaired) electrons. The van der Waals surface area contributed by atoms with Crippen LogP contribution < -0.4 is 4.74 Å². The van der Waals surface area contributed by atoms with Gasteiger partial charge in [0.1, 0.15) is 17.3 Å². The Morgan fingerprint density at radius 3 is 2.62 bits per heavy atom. The summed E-state index contributed by atoms with van der Waals surface area (Å²) in [5, 5.41) is 18.1. The van der Waals surface area contributed by atoms with E-state index in [1.54, 1.807) is 24.3 Å². The summed E-state index contributed by atoms with van der Waals surface area (Å²) in [4.78, 5) is 14.8. The van der Waals surface area contributed by atoms with E-state index in [4.69, 9.17) is 9.84 Å². The molecule has 2 N–H and O–H groups in total. The van der Waals surface area contributed by atoms with Crippen LogP contribution in [0.25, 0.3) is 0 Å².